The van der Waals surface area contributed by atoms with Crippen LogP contribution in [0.1, 0.15) is 0 Å². The molecule has 0 spiro atoms. The second-order valence-electron chi connectivity index (χ2n) is 12.9. The van der Waals surface area contributed by atoms with Crippen molar-refractivity contribution in [3.05, 3.63) is 146 Å². The number of para-hydroxylation sites is 5. The number of hydrogen-bond acceptors (Lipinski definition) is 0. The van der Waals surface area contributed by atoms with Crippen molar-refractivity contribution in [1.82, 2.24) is 13.7 Å². The van der Waals surface area contributed by atoms with E-state index in [-0.39, 0.29) is 6.71 Å². The van der Waals surface area contributed by atoms with Crippen molar-refractivity contribution in [3.8, 4) is 17.1 Å². The molecule has 0 saturated carbocycles. The van der Waals surface area contributed by atoms with Gasteiger partial charge < -0.3 is 13.7 Å². The molecule has 0 unspecified atom stereocenters. The van der Waals surface area contributed by atoms with Crippen LogP contribution in [0.4, 0.5) is 0 Å². The highest BCUT2D eigenvalue weighted by Crippen LogP contribution is 2.43. The predicted octanol–water partition coefficient (Wildman–Crippen LogP) is 8.12. The van der Waals surface area contributed by atoms with Crippen LogP contribution in [0.3, 0.4) is 0 Å². The summed E-state index contributed by atoms with van der Waals surface area (Å²) in [6.45, 7) is 0.109. The Morgan fingerprint density at radius 2 is 0.913 bits per heavy atom. The highest BCUT2D eigenvalue weighted by molar-refractivity contribution is 7.00. The van der Waals surface area contributed by atoms with Gasteiger partial charge in [-0.25, -0.2) is 0 Å². The average Bonchev–Trinajstić information content (AvgIpc) is 3.76. The molecule has 7 aromatic carbocycles. The number of benzene rings is 7. The molecule has 0 bridgehead atoms. The molecule has 2 aliphatic heterocycles. The van der Waals surface area contributed by atoms with Crippen LogP contribution in [0, 0.1) is 0 Å². The molecule has 12 rings (SSSR count). The maximum Gasteiger partial charge on any atom is 0.252 e. The lowest BCUT2D eigenvalue weighted by Crippen LogP contribution is -2.59. The first kappa shape index (κ1) is 23.4. The fourth-order valence-electron chi connectivity index (χ4n) is 9.16. The molecule has 210 valence electrons. The molecule has 0 amide bonds. The van der Waals surface area contributed by atoms with Crippen molar-refractivity contribution in [2.75, 3.05) is 0 Å². The van der Waals surface area contributed by atoms with E-state index in [1.165, 1.54) is 98.9 Å². The van der Waals surface area contributed by atoms with Gasteiger partial charge in [0.1, 0.15) is 0 Å². The number of rotatable bonds is 1. The van der Waals surface area contributed by atoms with E-state index < -0.39 is 0 Å². The van der Waals surface area contributed by atoms with Gasteiger partial charge in [0.15, 0.2) is 0 Å². The van der Waals surface area contributed by atoms with E-state index in [1.807, 2.05) is 0 Å². The molecule has 0 fully saturated rings. The van der Waals surface area contributed by atoms with Crippen LogP contribution in [0.2, 0.25) is 0 Å². The summed E-state index contributed by atoms with van der Waals surface area (Å²) in [4.78, 5) is 0. The average molecular weight is 581 g/mol. The van der Waals surface area contributed by atoms with Gasteiger partial charge in [0, 0.05) is 49.2 Å². The Morgan fingerprint density at radius 1 is 0.348 bits per heavy atom. The van der Waals surface area contributed by atoms with Gasteiger partial charge in [0.05, 0.1) is 33.3 Å². The zero-order valence-electron chi connectivity index (χ0n) is 24.8. The van der Waals surface area contributed by atoms with Gasteiger partial charge in [-0.15, -0.1) is 0 Å². The third-order valence-corrected chi connectivity index (χ3v) is 10.8. The van der Waals surface area contributed by atoms with Crippen molar-refractivity contribution in [2.24, 2.45) is 0 Å². The molecule has 5 heterocycles. The van der Waals surface area contributed by atoms with Gasteiger partial charge in [-0.2, -0.15) is 0 Å². The summed E-state index contributed by atoms with van der Waals surface area (Å²) < 4.78 is 7.64. The van der Waals surface area contributed by atoms with Crippen molar-refractivity contribution in [2.45, 2.75) is 0 Å². The Hall–Kier alpha value is -6.00. The standard InChI is InChI=1S/C42H24BN3/c1-2-11-25(12-3-1)44-34-18-7-4-15-28(34)31-21-23-33-42(41(31)44)46-36-20-9-6-14-27(36)30-22-24-37-38(40(30)46)43(33)32-17-10-16-29-26-13-5-8-19-35(26)45(37)39(29)32/h1-24H. The lowest BCUT2D eigenvalue weighted by molar-refractivity contribution is 1.13. The van der Waals surface area contributed by atoms with Gasteiger partial charge in [-0.3, -0.25) is 0 Å². The lowest BCUT2D eigenvalue weighted by atomic mass is 9.34. The van der Waals surface area contributed by atoms with Crippen LogP contribution in [0.5, 0.6) is 0 Å². The van der Waals surface area contributed by atoms with Gasteiger partial charge in [-0.1, -0.05) is 109 Å². The van der Waals surface area contributed by atoms with E-state index in [4.69, 9.17) is 0 Å². The summed E-state index contributed by atoms with van der Waals surface area (Å²) in [5, 5.41) is 7.81. The Morgan fingerprint density at radius 3 is 1.65 bits per heavy atom. The van der Waals surface area contributed by atoms with Gasteiger partial charge in [0.25, 0.3) is 6.71 Å². The van der Waals surface area contributed by atoms with Crippen molar-refractivity contribution in [3.63, 3.8) is 0 Å². The van der Waals surface area contributed by atoms with E-state index >= 15 is 0 Å². The van der Waals surface area contributed by atoms with E-state index in [0.717, 1.165) is 0 Å². The highest BCUT2D eigenvalue weighted by Gasteiger charge is 2.41. The van der Waals surface area contributed by atoms with Crippen LogP contribution in [0.25, 0.3) is 82.5 Å². The Balaban J connectivity index is 1.38. The summed E-state index contributed by atoms with van der Waals surface area (Å²) in [7, 11) is 0. The Bertz CT molecular complexity index is 2980. The molecule has 3 nitrogen and oxygen atoms in total. The number of nitrogens with zero attached hydrogens (tertiary/aromatic N) is 3. The fraction of sp³-hybridized carbons (Fsp3) is 0. The predicted molar refractivity (Wildman–Crippen MR) is 194 cm³/mol. The number of aromatic nitrogens is 3. The molecule has 3 aromatic heterocycles. The number of hydrogen-bond donors (Lipinski definition) is 0. The maximum absolute atomic E-state index is 2.60. The normalized spacial score (nSPS) is 13.2. The summed E-state index contributed by atoms with van der Waals surface area (Å²) >= 11 is 0. The Labute approximate surface area is 264 Å². The van der Waals surface area contributed by atoms with E-state index in [1.54, 1.807) is 0 Å². The van der Waals surface area contributed by atoms with E-state index in [9.17, 15) is 0 Å². The van der Waals surface area contributed by atoms with Crippen molar-refractivity contribution in [1.29, 1.82) is 0 Å². The second-order valence-corrected chi connectivity index (χ2v) is 12.9. The third kappa shape index (κ3) is 2.54. The summed E-state index contributed by atoms with van der Waals surface area (Å²) in [5.74, 6) is 0. The molecule has 0 aliphatic carbocycles. The molecule has 0 N–H and O–H groups in total. The minimum atomic E-state index is 0.109. The van der Waals surface area contributed by atoms with Gasteiger partial charge in [-0.05, 0) is 52.8 Å². The van der Waals surface area contributed by atoms with Crippen LogP contribution < -0.4 is 16.4 Å². The lowest BCUT2D eigenvalue weighted by Gasteiger charge is -2.33. The summed E-state index contributed by atoms with van der Waals surface area (Å²) in [5.41, 5.74) is 15.6. The van der Waals surface area contributed by atoms with Crippen LogP contribution in [-0.4, -0.2) is 20.4 Å². The zero-order chi connectivity index (χ0) is 29.7. The molecular formula is C42H24BN3. The van der Waals surface area contributed by atoms with E-state index in [0.29, 0.717) is 0 Å². The molecule has 10 aromatic rings. The molecular weight excluding hydrogens is 557 g/mol. The fourth-order valence-corrected chi connectivity index (χ4v) is 9.16. The molecule has 0 atom stereocenters. The van der Waals surface area contributed by atoms with E-state index in [2.05, 4.69) is 159 Å². The van der Waals surface area contributed by atoms with Crippen LogP contribution in [-0.2, 0) is 0 Å². The van der Waals surface area contributed by atoms with Crippen molar-refractivity contribution < 1.29 is 0 Å². The number of fused-ring (bicyclic) bond motifs is 15. The largest absolute Gasteiger partial charge is 0.310 e. The molecule has 46 heavy (non-hydrogen) atoms. The van der Waals surface area contributed by atoms with Crippen LogP contribution >= 0.6 is 0 Å². The maximum atomic E-state index is 2.60. The third-order valence-electron chi connectivity index (χ3n) is 10.8. The smallest absolute Gasteiger partial charge is 0.252 e. The molecule has 0 radical (unpaired) electrons. The quantitative estimate of drug-likeness (QED) is 0.174. The van der Waals surface area contributed by atoms with Gasteiger partial charge in [0.2, 0.25) is 0 Å². The monoisotopic (exact) mass is 581 g/mol. The summed E-state index contributed by atoms with van der Waals surface area (Å²) in [6, 6.07) is 54.2. The first-order valence-corrected chi connectivity index (χ1v) is 16.1. The molecule has 4 heteroatoms. The topological polar surface area (TPSA) is 14.8 Å². The summed E-state index contributed by atoms with van der Waals surface area (Å²) in [6.07, 6.45) is 0. The second kappa shape index (κ2) is 7.98. The Kier molecular flexibility index (Phi) is 4.06. The van der Waals surface area contributed by atoms with Gasteiger partial charge >= 0.3 is 0 Å². The molecule has 0 saturated heterocycles. The van der Waals surface area contributed by atoms with Crippen molar-refractivity contribution >= 4 is 88.5 Å². The minimum absolute atomic E-state index is 0.109. The first-order chi connectivity index (χ1) is 22.9. The SMILES string of the molecule is c1ccc(-n2c3ccccc3c3ccc4c(c32)-n2c3ccccc3c3ccc5c(c32)B4c2cccc3c4ccccc4n-5c23)cc1. The zero-order valence-corrected chi connectivity index (χ0v) is 24.8. The first-order valence-electron chi connectivity index (χ1n) is 16.1. The van der Waals surface area contributed by atoms with Crippen LogP contribution in [0.15, 0.2) is 146 Å². The minimum Gasteiger partial charge on any atom is -0.310 e. The highest BCUT2D eigenvalue weighted by atomic mass is 15.1. The molecule has 2 aliphatic rings.